The first-order chi connectivity index (χ1) is 16.1. The van der Waals surface area contributed by atoms with E-state index in [1.165, 1.54) is 0 Å². The van der Waals surface area contributed by atoms with Crippen LogP contribution >= 0.6 is 0 Å². The number of Topliss-reactive ketones (excluding diaryl/α,β-unsaturated/α-hetero) is 1. The van der Waals surface area contributed by atoms with Crippen LogP contribution in [0, 0.1) is 0 Å². The highest BCUT2D eigenvalue weighted by Gasteiger charge is 2.30. The van der Waals surface area contributed by atoms with Crippen LogP contribution in [-0.4, -0.2) is 33.3 Å². The summed E-state index contributed by atoms with van der Waals surface area (Å²) in [5.74, 6) is 0.832. The molecule has 33 heavy (non-hydrogen) atoms. The Kier molecular flexibility index (Phi) is 7.29. The number of nitrogens with one attached hydrogen (secondary N) is 2. The number of carbonyl (C=O) groups excluding carboxylic acids is 2. The van der Waals surface area contributed by atoms with E-state index >= 15 is 0 Å². The normalized spacial score (nSPS) is 13.8. The van der Waals surface area contributed by atoms with Gasteiger partial charge in [0, 0.05) is 23.6 Å². The van der Waals surface area contributed by atoms with Crippen molar-refractivity contribution in [2.24, 2.45) is 0 Å². The summed E-state index contributed by atoms with van der Waals surface area (Å²) in [6.07, 6.45) is 7.72. The van der Waals surface area contributed by atoms with Gasteiger partial charge in [-0.1, -0.05) is 61.4 Å². The Bertz CT molecular complexity index is 1150. The Morgan fingerprint density at radius 3 is 2.64 bits per heavy atom. The highest BCUT2D eigenvalue weighted by Crippen LogP contribution is 2.15. The topological polar surface area (TPSA) is 90.1 Å². The molecule has 0 unspecified atom stereocenters. The molecule has 2 N–H and O–H groups in total. The number of unbranched alkanes of at least 4 members (excludes halogenated alkanes) is 2. The summed E-state index contributed by atoms with van der Waals surface area (Å²) in [5, 5.41) is 12.0. The molecule has 1 aromatic heterocycles. The van der Waals surface area contributed by atoms with Gasteiger partial charge in [-0.05, 0) is 30.8 Å². The van der Waals surface area contributed by atoms with Gasteiger partial charge in [0.15, 0.2) is 11.9 Å². The van der Waals surface area contributed by atoms with Crippen LogP contribution in [-0.2, 0) is 16.1 Å². The molecule has 7 heteroatoms. The van der Waals surface area contributed by atoms with Crippen molar-refractivity contribution < 1.29 is 9.59 Å². The van der Waals surface area contributed by atoms with E-state index in [-0.39, 0.29) is 24.3 Å². The monoisotopic (exact) mass is 443 g/mol. The van der Waals surface area contributed by atoms with Gasteiger partial charge in [0.25, 0.3) is 0 Å². The maximum absolute atomic E-state index is 12.9. The summed E-state index contributed by atoms with van der Waals surface area (Å²) < 4.78 is 1.67. The minimum absolute atomic E-state index is 0.116. The van der Waals surface area contributed by atoms with E-state index in [1.54, 1.807) is 17.8 Å². The first-order valence-electron chi connectivity index (χ1n) is 11.4. The molecular weight excluding hydrogens is 414 g/mol. The molecule has 0 spiro atoms. The molecule has 1 aliphatic heterocycles. The number of hydrogen-bond donors (Lipinski definition) is 2. The van der Waals surface area contributed by atoms with Crippen LogP contribution in [0.4, 0.5) is 0 Å². The molecule has 0 fully saturated rings. The summed E-state index contributed by atoms with van der Waals surface area (Å²) in [7, 11) is 0. The van der Waals surface area contributed by atoms with Crippen LogP contribution < -0.4 is 15.6 Å². The molecule has 2 aromatic carbocycles. The SMILES string of the molecule is CC(=O)CCCCC[C@H](NC(=O)Cn1cc2ccccc2n1)C1=[N+]C=C(c2ccccc2)N1. The standard InChI is InChI=1S/C26H29N5O2/c1-19(32)10-4-2-7-15-23(26-27-16-24(29-26)20-11-5-3-6-12-20)28-25(33)18-31-17-21-13-8-9-14-22(21)30-31/h3,5-6,8-9,11-14,16-17,23,29H,2,4,7,10,15,18H2,1H3,(H,28,33)/q+1/t23-/m0/s1. The summed E-state index contributed by atoms with van der Waals surface area (Å²) in [6, 6.07) is 17.6. The molecule has 0 saturated heterocycles. The third-order valence-corrected chi connectivity index (χ3v) is 5.63. The van der Waals surface area contributed by atoms with E-state index < -0.39 is 0 Å². The van der Waals surface area contributed by atoms with Gasteiger partial charge in [-0.3, -0.25) is 9.48 Å². The molecule has 1 amide bonds. The fraction of sp³-hybridized carbons (Fsp3) is 0.308. The van der Waals surface area contributed by atoms with Crippen molar-refractivity contribution in [1.82, 2.24) is 25.4 Å². The molecule has 1 aliphatic rings. The van der Waals surface area contributed by atoms with Crippen LogP contribution in [0.3, 0.4) is 0 Å². The zero-order valence-electron chi connectivity index (χ0n) is 18.8. The summed E-state index contributed by atoms with van der Waals surface area (Å²) in [6.45, 7) is 1.76. The average molecular weight is 444 g/mol. The Morgan fingerprint density at radius 1 is 1.06 bits per heavy atom. The van der Waals surface area contributed by atoms with Gasteiger partial charge >= 0.3 is 5.84 Å². The molecule has 7 nitrogen and oxygen atoms in total. The lowest BCUT2D eigenvalue weighted by molar-refractivity contribution is -0.122. The Hall–Kier alpha value is -3.74. The molecule has 1 radical (unpaired) electrons. The van der Waals surface area contributed by atoms with E-state index in [4.69, 9.17) is 0 Å². The van der Waals surface area contributed by atoms with Crippen LogP contribution in [0.5, 0.6) is 0 Å². The van der Waals surface area contributed by atoms with Crippen molar-refractivity contribution in [2.45, 2.75) is 51.6 Å². The summed E-state index contributed by atoms with van der Waals surface area (Å²) in [4.78, 5) is 28.6. The number of carbonyl (C=O) groups is 2. The molecule has 0 bridgehead atoms. The number of ketones is 1. The predicted octanol–water partition coefficient (Wildman–Crippen LogP) is 3.40. The fourth-order valence-electron chi connectivity index (χ4n) is 3.94. The maximum Gasteiger partial charge on any atom is 0.319 e. The molecule has 2 heterocycles. The average Bonchev–Trinajstić information content (AvgIpc) is 3.45. The van der Waals surface area contributed by atoms with Crippen molar-refractivity contribution in [3.8, 4) is 0 Å². The van der Waals surface area contributed by atoms with Gasteiger partial charge in [0.1, 0.15) is 18.4 Å². The minimum atomic E-state index is -0.239. The van der Waals surface area contributed by atoms with Gasteiger partial charge in [0.2, 0.25) is 5.91 Å². The summed E-state index contributed by atoms with van der Waals surface area (Å²) >= 11 is 0. The zero-order valence-corrected chi connectivity index (χ0v) is 18.8. The predicted molar refractivity (Wildman–Crippen MR) is 130 cm³/mol. The van der Waals surface area contributed by atoms with Crippen LogP contribution in [0.15, 0.2) is 67.0 Å². The number of nitrogens with zero attached hydrogens (tertiary/aromatic N) is 3. The van der Waals surface area contributed by atoms with Crippen LogP contribution in [0.25, 0.3) is 16.6 Å². The number of rotatable bonds is 11. The Morgan fingerprint density at radius 2 is 1.85 bits per heavy atom. The van der Waals surface area contributed by atoms with E-state index in [2.05, 4.69) is 20.7 Å². The first kappa shape index (κ1) is 22.5. The second kappa shape index (κ2) is 10.7. The number of amides is 1. The minimum Gasteiger partial charge on any atom is -0.340 e. The first-order valence-corrected chi connectivity index (χ1v) is 11.4. The van der Waals surface area contributed by atoms with E-state index in [0.717, 1.165) is 53.7 Å². The van der Waals surface area contributed by atoms with E-state index in [9.17, 15) is 9.59 Å². The van der Waals surface area contributed by atoms with Gasteiger partial charge in [-0.15, -0.1) is 0 Å². The molecular formula is C26H29N5O2+. The van der Waals surface area contributed by atoms with Crippen molar-refractivity contribution in [1.29, 1.82) is 0 Å². The highest BCUT2D eigenvalue weighted by atomic mass is 16.2. The largest absolute Gasteiger partial charge is 0.340 e. The van der Waals surface area contributed by atoms with Crippen molar-refractivity contribution in [3.63, 3.8) is 0 Å². The molecule has 0 aliphatic carbocycles. The number of fused-ring (bicyclic) bond motifs is 1. The maximum atomic E-state index is 12.9. The molecule has 4 rings (SSSR count). The fourth-order valence-corrected chi connectivity index (χ4v) is 3.94. The van der Waals surface area contributed by atoms with Crippen molar-refractivity contribution in [2.75, 3.05) is 0 Å². The quantitative estimate of drug-likeness (QED) is 0.445. The highest BCUT2D eigenvalue weighted by molar-refractivity contribution is 5.99. The van der Waals surface area contributed by atoms with Gasteiger partial charge in [0.05, 0.1) is 5.52 Å². The number of hydrogen-bond acceptors (Lipinski definition) is 5. The smallest absolute Gasteiger partial charge is 0.319 e. The second-order valence-corrected chi connectivity index (χ2v) is 8.36. The molecule has 3 aromatic rings. The van der Waals surface area contributed by atoms with Crippen LogP contribution in [0.2, 0.25) is 0 Å². The number of aliphatic imine (C=N–C) groups is 1. The molecule has 1 atom stereocenters. The van der Waals surface area contributed by atoms with Crippen molar-refractivity contribution in [3.05, 3.63) is 72.6 Å². The second-order valence-electron chi connectivity index (χ2n) is 8.36. The molecule has 169 valence electrons. The lowest BCUT2D eigenvalue weighted by Gasteiger charge is -2.15. The van der Waals surface area contributed by atoms with Gasteiger partial charge < -0.3 is 10.1 Å². The van der Waals surface area contributed by atoms with Crippen LogP contribution in [0.1, 0.15) is 44.6 Å². The summed E-state index contributed by atoms with van der Waals surface area (Å²) in [5.41, 5.74) is 2.83. The Balaban J connectivity index is 1.38. The van der Waals surface area contributed by atoms with Gasteiger partial charge in [-0.25, -0.2) is 5.32 Å². The number of aromatic nitrogens is 2. The Labute approximate surface area is 193 Å². The number of amidine groups is 1. The lowest BCUT2D eigenvalue weighted by atomic mass is 10.0. The van der Waals surface area contributed by atoms with Gasteiger partial charge in [-0.2, -0.15) is 5.10 Å². The third-order valence-electron chi connectivity index (χ3n) is 5.63. The lowest BCUT2D eigenvalue weighted by Crippen LogP contribution is -2.47. The van der Waals surface area contributed by atoms with E-state index in [1.807, 2.05) is 60.8 Å². The third kappa shape index (κ3) is 6.16. The van der Waals surface area contributed by atoms with Crippen molar-refractivity contribution >= 4 is 34.1 Å². The zero-order chi connectivity index (χ0) is 23.0. The van der Waals surface area contributed by atoms with E-state index in [0.29, 0.717) is 6.42 Å². The molecule has 0 saturated carbocycles. The number of benzene rings is 2.